The van der Waals surface area contributed by atoms with Crippen molar-refractivity contribution >= 4 is 6.09 Å². The molecular formula is C9H16N2O3. The summed E-state index contributed by atoms with van der Waals surface area (Å²) >= 11 is 0. The molecule has 0 aliphatic carbocycles. The van der Waals surface area contributed by atoms with Crippen LogP contribution in [0.4, 0.5) is 4.79 Å². The van der Waals surface area contributed by atoms with Crippen molar-refractivity contribution < 1.29 is 14.6 Å². The topological polar surface area (TPSA) is 82.3 Å². The summed E-state index contributed by atoms with van der Waals surface area (Å²) < 4.78 is 4.79. The Labute approximate surface area is 83.7 Å². The average molecular weight is 200 g/mol. The molecular weight excluding hydrogens is 184 g/mol. The molecule has 0 saturated carbocycles. The molecule has 0 rings (SSSR count). The predicted molar refractivity (Wildman–Crippen MR) is 50.5 cm³/mol. The Balaban J connectivity index is 3.98. The smallest absolute Gasteiger partial charge is 0.407 e. The maximum atomic E-state index is 11.1. The molecule has 2 N–H and O–H groups in total. The summed E-state index contributed by atoms with van der Waals surface area (Å²) in [5.41, 5.74) is -0.385. The van der Waals surface area contributed by atoms with Gasteiger partial charge >= 0.3 is 6.09 Å². The minimum atomic E-state index is -0.748. The van der Waals surface area contributed by atoms with Crippen LogP contribution < -0.4 is 5.32 Å². The number of alkyl carbamates (subject to hydrolysis) is 1. The van der Waals surface area contributed by atoms with Crippen molar-refractivity contribution in [3.05, 3.63) is 0 Å². The predicted octanol–water partition coefficient (Wildman–Crippen LogP) is 0.786. The number of hydrogen-bond donors (Lipinski definition) is 2. The summed E-state index contributed by atoms with van der Waals surface area (Å²) in [5, 5.41) is 19.6. The van der Waals surface area contributed by atoms with Crippen molar-refractivity contribution in [2.45, 2.75) is 38.8 Å². The fourth-order valence-corrected chi connectivity index (χ4v) is 0.732. The molecule has 0 heterocycles. The SMILES string of the molecule is CC(C)(C)NC(=O)O[C@H](CO)CC#N. The first-order chi connectivity index (χ1) is 6.39. The molecule has 0 aromatic carbocycles. The van der Waals surface area contributed by atoms with Crippen LogP contribution in [0.5, 0.6) is 0 Å². The Morgan fingerprint density at radius 3 is 2.57 bits per heavy atom. The summed E-state index contributed by atoms with van der Waals surface area (Å²) in [4.78, 5) is 11.1. The Morgan fingerprint density at radius 2 is 2.21 bits per heavy atom. The molecule has 0 radical (unpaired) electrons. The van der Waals surface area contributed by atoms with Crippen molar-refractivity contribution in [2.24, 2.45) is 0 Å². The number of hydrogen-bond acceptors (Lipinski definition) is 4. The van der Waals surface area contributed by atoms with Gasteiger partial charge in [0.1, 0.15) is 6.10 Å². The highest BCUT2D eigenvalue weighted by Crippen LogP contribution is 2.02. The van der Waals surface area contributed by atoms with Gasteiger partial charge in [-0.1, -0.05) is 0 Å². The fourth-order valence-electron chi connectivity index (χ4n) is 0.732. The molecule has 80 valence electrons. The molecule has 0 bridgehead atoms. The Morgan fingerprint density at radius 1 is 1.64 bits per heavy atom. The number of nitrogens with one attached hydrogen (secondary N) is 1. The molecule has 0 aliphatic rings. The zero-order chi connectivity index (χ0) is 11.2. The van der Waals surface area contributed by atoms with E-state index in [1.807, 2.05) is 26.8 Å². The lowest BCUT2D eigenvalue weighted by Gasteiger charge is -2.21. The van der Waals surface area contributed by atoms with E-state index in [-0.39, 0.29) is 18.6 Å². The second-order valence-corrected chi connectivity index (χ2v) is 3.95. The summed E-state index contributed by atoms with van der Waals surface area (Å²) in [6, 6.07) is 1.82. The van der Waals surface area contributed by atoms with E-state index in [0.717, 1.165) is 0 Å². The van der Waals surface area contributed by atoms with Crippen LogP contribution in [0.1, 0.15) is 27.2 Å². The lowest BCUT2D eigenvalue weighted by Crippen LogP contribution is -2.42. The van der Waals surface area contributed by atoms with E-state index >= 15 is 0 Å². The first-order valence-electron chi connectivity index (χ1n) is 4.35. The van der Waals surface area contributed by atoms with E-state index in [4.69, 9.17) is 15.1 Å². The van der Waals surface area contributed by atoms with E-state index in [2.05, 4.69) is 5.32 Å². The van der Waals surface area contributed by atoms with Gasteiger partial charge in [0.25, 0.3) is 0 Å². The van der Waals surface area contributed by atoms with Crippen LogP contribution >= 0.6 is 0 Å². The number of carbonyl (C=O) groups excluding carboxylic acids is 1. The number of nitriles is 1. The van der Waals surface area contributed by atoms with Gasteiger partial charge in [0.05, 0.1) is 19.1 Å². The van der Waals surface area contributed by atoms with Crippen molar-refractivity contribution in [3.8, 4) is 6.07 Å². The minimum Gasteiger partial charge on any atom is -0.443 e. The summed E-state index contributed by atoms with van der Waals surface area (Å²) in [6.45, 7) is 5.09. The third kappa shape index (κ3) is 6.26. The number of ether oxygens (including phenoxy) is 1. The van der Waals surface area contributed by atoms with Gasteiger partial charge < -0.3 is 15.2 Å². The van der Waals surface area contributed by atoms with Crippen molar-refractivity contribution in [1.82, 2.24) is 5.32 Å². The van der Waals surface area contributed by atoms with Crippen molar-refractivity contribution in [2.75, 3.05) is 6.61 Å². The van der Waals surface area contributed by atoms with Gasteiger partial charge in [-0.05, 0) is 20.8 Å². The Hall–Kier alpha value is -1.28. The molecule has 0 aromatic rings. The second-order valence-electron chi connectivity index (χ2n) is 3.95. The van der Waals surface area contributed by atoms with Crippen LogP contribution in [0.15, 0.2) is 0 Å². The molecule has 0 aromatic heterocycles. The third-order valence-corrected chi connectivity index (χ3v) is 1.27. The number of aliphatic hydroxyl groups is 1. The van der Waals surface area contributed by atoms with E-state index in [0.29, 0.717) is 0 Å². The molecule has 1 atom stereocenters. The first-order valence-corrected chi connectivity index (χ1v) is 4.35. The number of amides is 1. The average Bonchev–Trinajstić information content (AvgIpc) is 2.00. The third-order valence-electron chi connectivity index (χ3n) is 1.27. The van der Waals surface area contributed by atoms with Crippen LogP contribution in [0.2, 0.25) is 0 Å². The normalized spacial score (nSPS) is 12.8. The summed E-state index contributed by atoms with van der Waals surface area (Å²) in [6.07, 6.45) is -1.37. The standard InChI is InChI=1S/C9H16N2O3/c1-9(2,3)11-8(13)14-7(6-12)4-5-10/h7,12H,4,6H2,1-3H3,(H,11,13)/t7-/m0/s1. The van der Waals surface area contributed by atoms with Gasteiger partial charge in [0, 0.05) is 5.54 Å². The number of carbonyl (C=O) groups is 1. The zero-order valence-corrected chi connectivity index (χ0v) is 8.70. The zero-order valence-electron chi connectivity index (χ0n) is 8.70. The molecule has 1 amide bonds. The maximum Gasteiger partial charge on any atom is 0.407 e. The first kappa shape index (κ1) is 12.7. The van der Waals surface area contributed by atoms with Gasteiger partial charge in [-0.3, -0.25) is 0 Å². The molecule has 0 unspecified atom stereocenters. The number of aliphatic hydroxyl groups excluding tert-OH is 1. The maximum absolute atomic E-state index is 11.1. The molecule has 0 spiro atoms. The highest BCUT2D eigenvalue weighted by atomic mass is 16.6. The number of nitrogens with zero attached hydrogens (tertiary/aromatic N) is 1. The van der Waals surface area contributed by atoms with Gasteiger partial charge in [0.15, 0.2) is 0 Å². The molecule has 5 nitrogen and oxygen atoms in total. The monoisotopic (exact) mass is 200 g/mol. The largest absolute Gasteiger partial charge is 0.443 e. The Bertz CT molecular complexity index is 227. The number of rotatable bonds is 3. The van der Waals surface area contributed by atoms with Crippen LogP contribution in [-0.2, 0) is 4.74 Å². The van der Waals surface area contributed by atoms with Gasteiger partial charge in [-0.25, -0.2) is 4.79 Å². The van der Waals surface area contributed by atoms with Crippen LogP contribution in [-0.4, -0.2) is 29.4 Å². The molecule has 0 fully saturated rings. The van der Waals surface area contributed by atoms with E-state index < -0.39 is 12.2 Å². The van der Waals surface area contributed by atoms with Crippen molar-refractivity contribution in [3.63, 3.8) is 0 Å². The molecule has 0 aliphatic heterocycles. The Kier molecular flexibility index (Phi) is 4.95. The van der Waals surface area contributed by atoms with Crippen LogP contribution in [0, 0.1) is 11.3 Å². The second kappa shape index (κ2) is 5.45. The van der Waals surface area contributed by atoms with E-state index in [1.165, 1.54) is 0 Å². The van der Waals surface area contributed by atoms with Crippen LogP contribution in [0.3, 0.4) is 0 Å². The lowest BCUT2D eigenvalue weighted by molar-refractivity contribution is 0.0561. The van der Waals surface area contributed by atoms with E-state index in [9.17, 15) is 4.79 Å². The van der Waals surface area contributed by atoms with Crippen molar-refractivity contribution in [1.29, 1.82) is 5.26 Å². The molecule has 5 heteroatoms. The van der Waals surface area contributed by atoms with E-state index in [1.54, 1.807) is 0 Å². The van der Waals surface area contributed by atoms with Crippen LogP contribution in [0.25, 0.3) is 0 Å². The van der Waals surface area contributed by atoms with Gasteiger partial charge in [-0.15, -0.1) is 0 Å². The minimum absolute atomic E-state index is 0.00589. The summed E-state index contributed by atoms with van der Waals surface area (Å²) in [7, 11) is 0. The van der Waals surface area contributed by atoms with Gasteiger partial charge in [-0.2, -0.15) is 5.26 Å². The van der Waals surface area contributed by atoms with Gasteiger partial charge in [0.2, 0.25) is 0 Å². The molecule has 0 saturated heterocycles. The lowest BCUT2D eigenvalue weighted by atomic mass is 10.1. The highest BCUT2D eigenvalue weighted by molar-refractivity contribution is 5.68. The quantitative estimate of drug-likeness (QED) is 0.705. The highest BCUT2D eigenvalue weighted by Gasteiger charge is 2.18. The summed E-state index contributed by atoms with van der Waals surface area (Å²) in [5.74, 6) is 0. The molecule has 14 heavy (non-hydrogen) atoms. The fraction of sp³-hybridized carbons (Fsp3) is 0.778.